The molecular formula is C14H16ClN3O. The molecule has 1 unspecified atom stereocenters. The monoisotopic (exact) mass is 277 g/mol. The molecule has 4 nitrogen and oxygen atoms in total. The smallest absolute Gasteiger partial charge is 0.245 e. The zero-order chi connectivity index (χ0) is 13.6. The molecule has 0 saturated heterocycles. The molecule has 1 aromatic carbocycles. The highest BCUT2D eigenvalue weighted by molar-refractivity contribution is 6.33. The zero-order valence-electron chi connectivity index (χ0n) is 10.5. The summed E-state index contributed by atoms with van der Waals surface area (Å²) in [7, 11) is 0. The van der Waals surface area contributed by atoms with Gasteiger partial charge in [0.2, 0.25) is 5.91 Å². The van der Waals surface area contributed by atoms with Crippen LogP contribution in [0.25, 0.3) is 0 Å². The highest BCUT2D eigenvalue weighted by Crippen LogP contribution is 2.41. The fraction of sp³-hybridized carbons (Fsp3) is 0.357. The van der Waals surface area contributed by atoms with E-state index in [9.17, 15) is 4.79 Å². The van der Waals surface area contributed by atoms with E-state index in [0.29, 0.717) is 11.1 Å². The molecule has 5 heteroatoms. The maximum Gasteiger partial charge on any atom is 0.245 e. The number of hydrogen-bond acceptors (Lipinski definition) is 3. The number of anilines is 2. The van der Waals surface area contributed by atoms with Gasteiger partial charge in [-0.3, -0.25) is 4.79 Å². The van der Waals surface area contributed by atoms with Crippen molar-refractivity contribution in [1.82, 2.24) is 0 Å². The Morgan fingerprint density at radius 2 is 2.26 bits per heavy atom. The maximum absolute atomic E-state index is 11.6. The molecule has 1 fully saturated rings. The van der Waals surface area contributed by atoms with Crippen LogP contribution in [0.2, 0.25) is 5.02 Å². The van der Waals surface area contributed by atoms with Gasteiger partial charge in [-0.15, -0.1) is 6.58 Å². The van der Waals surface area contributed by atoms with E-state index in [1.54, 1.807) is 6.07 Å². The second-order valence-electron chi connectivity index (χ2n) is 5.03. The summed E-state index contributed by atoms with van der Waals surface area (Å²) in [5.41, 5.74) is 8.30. The van der Waals surface area contributed by atoms with E-state index in [-0.39, 0.29) is 5.91 Å². The summed E-state index contributed by atoms with van der Waals surface area (Å²) >= 11 is 6.35. The quantitative estimate of drug-likeness (QED) is 0.831. The third-order valence-corrected chi connectivity index (χ3v) is 3.92. The van der Waals surface area contributed by atoms with Crippen molar-refractivity contribution in [3.8, 4) is 0 Å². The standard InChI is InChI=1S/C14H16ClN3O/c1-2-5-18(8-3-4-8)12-7-11-9(6-10(12)15)13(16)14(19)17-11/h2,6-8,13H,1,3-5,16H2,(H,17,19). The van der Waals surface area contributed by atoms with Crippen molar-refractivity contribution in [2.45, 2.75) is 24.9 Å². The second kappa shape index (κ2) is 4.54. The number of amides is 1. The average molecular weight is 278 g/mol. The molecule has 0 spiro atoms. The number of fused-ring (bicyclic) bond motifs is 1. The fourth-order valence-corrected chi connectivity index (χ4v) is 2.76. The number of hydrogen-bond donors (Lipinski definition) is 2. The number of nitrogens with zero attached hydrogens (tertiary/aromatic N) is 1. The first-order chi connectivity index (χ1) is 9.11. The Morgan fingerprint density at radius 1 is 1.53 bits per heavy atom. The second-order valence-corrected chi connectivity index (χ2v) is 5.44. The van der Waals surface area contributed by atoms with Gasteiger partial charge < -0.3 is 16.0 Å². The van der Waals surface area contributed by atoms with Crippen molar-refractivity contribution in [3.05, 3.63) is 35.4 Å². The fourth-order valence-electron chi connectivity index (χ4n) is 2.48. The average Bonchev–Trinajstić information content (AvgIpc) is 3.17. The van der Waals surface area contributed by atoms with Gasteiger partial charge in [0.05, 0.1) is 10.7 Å². The first kappa shape index (κ1) is 12.5. The highest BCUT2D eigenvalue weighted by Gasteiger charge is 2.33. The van der Waals surface area contributed by atoms with E-state index in [1.165, 1.54) is 12.8 Å². The van der Waals surface area contributed by atoms with Crippen LogP contribution >= 0.6 is 11.6 Å². The van der Waals surface area contributed by atoms with Crippen LogP contribution in [0.3, 0.4) is 0 Å². The van der Waals surface area contributed by atoms with Crippen LogP contribution in [0.5, 0.6) is 0 Å². The number of nitrogens with one attached hydrogen (secondary N) is 1. The van der Waals surface area contributed by atoms with E-state index in [4.69, 9.17) is 17.3 Å². The van der Waals surface area contributed by atoms with Crippen molar-refractivity contribution in [2.24, 2.45) is 5.73 Å². The number of halogens is 1. The topological polar surface area (TPSA) is 58.4 Å². The van der Waals surface area contributed by atoms with Crippen LogP contribution in [-0.4, -0.2) is 18.5 Å². The van der Waals surface area contributed by atoms with Crippen LogP contribution < -0.4 is 16.0 Å². The summed E-state index contributed by atoms with van der Waals surface area (Å²) in [4.78, 5) is 13.8. The molecule has 3 N–H and O–H groups in total. The summed E-state index contributed by atoms with van der Waals surface area (Å²) in [5, 5.41) is 3.43. The van der Waals surface area contributed by atoms with E-state index < -0.39 is 6.04 Å². The van der Waals surface area contributed by atoms with E-state index >= 15 is 0 Å². The largest absolute Gasteiger partial charge is 0.364 e. The maximum atomic E-state index is 11.6. The van der Waals surface area contributed by atoms with Gasteiger partial charge in [-0.2, -0.15) is 0 Å². The molecule has 2 aliphatic rings. The molecular weight excluding hydrogens is 262 g/mol. The van der Waals surface area contributed by atoms with Crippen LogP contribution in [0.15, 0.2) is 24.8 Å². The summed E-state index contributed by atoms with van der Waals surface area (Å²) in [5.74, 6) is -0.176. The molecule has 100 valence electrons. The molecule has 1 aromatic rings. The zero-order valence-corrected chi connectivity index (χ0v) is 11.3. The van der Waals surface area contributed by atoms with Gasteiger partial charge in [-0.05, 0) is 25.0 Å². The Labute approximate surface area is 117 Å². The third kappa shape index (κ3) is 2.11. The number of carbonyl (C=O) groups excluding carboxylic acids is 1. The van der Waals surface area contributed by atoms with Crippen molar-refractivity contribution in [3.63, 3.8) is 0 Å². The minimum absolute atomic E-state index is 0.176. The molecule has 3 rings (SSSR count). The predicted molar refractivity (Wildman–Crippen MR) is 77.6 cm³/mol. The lowest BCUT2D eigenvalue weighted by Crippen LogP contribution is -2.26. The van der Waals surface area contributed by atoms with Crippen LogP contribution in [-0.2, 0) is 4.79 Å². The predicted octanol–water partition coefficient (Wildman–Crippen LogP) is 2.45. The number of carbonyl (C=O) groups is 1. The van der Waals surface area contributed by atoms with Gasteiger partial charge >= 0.3 is 0 Å². The minimum atomic E-state index is -0.615. The van der Waals surface area contributed by atoms with Crippen LogP contribution in [0, 0.1) is 0 Å². The highest BCUT2D eigenvalue weighted by atomic mass is 35.5. The van der Waals surface area contributed by atoms with Crippen molar-refractivity contribution < 1.29 is 4.79 Å². The normalized spacial score (nSPS) is 20.9. The van der Waals surface area contributed by atoms with Crippen molar-refractivity contribution in [1.29, 1.82) is 0 Å². The molecule has 1 aliphatic heterocycles. The lowest BCUT2D eigenvalue weighted by molar-refractivity contribution is -0.116. The van der Waals surface area contributed by atoms with Crippen molar-refractivity contribution in [2.75, 3.05) is 16.8 Å². The van der Waals surface area contributed by atoms with Crippen molar-refractivity contribution >= 4 is 28.9 Å². The van der Waals surface area contributed by atoms with Crippen LogP contribution in [0.1, 0.15) is 24.4 Å². The van der Waals surface area contributed by atoms with Gasteiger partial charge in [0.1, 0.15) is 6.04 Å². The Balaban J connectivity index is 2.01. The van der Waals surface area contributed by atoms with E-state index in [2.05, 4.69) is 16.8 Å². The molecule has 0 radical (unpaired) electrons. The van der Waals surface area contributed by atoms with Gasteiger partial charge in [0, 0.05) is 23.8 Å². The van der Waals surface area contributed by atoms with Gasteiger partial charge in [0.15, 0.2) is 0 Å². The first-order valence-corrected chi connectivity index (χ1v) is 6.77. The molecule has 0 bridgehead atoms. The minimum Gasteiger partial charge on any atom is -0.364 e. The van der Waals surface area contributed by atoms with Gasteiger partial charge in [-0.25, -0.2) is 0 Å². The number of benzene rings is 1. The SMILES string of the molecule is C=CCN(c1cc2c(cc1Cl)C(N)C(=O)N2)C1CC1. The molecule has 1 aliphatic carbocycles. The molecule has 1 amide bonds. The first-order valence-electron chi connectivity index (χ1n) is 6.39. The molecule has 19 heavy (non-hydrogen) atoms. The van der Waals surface area contributed by atoms with Gasteiger partial charge in [-0.1, -0.05) is 17.7 Å². The number of rotatable bonds is 4. The molecule has 1 saturated carbocycles. The Morgan fingerprint density at radius 3 is 2.89 bits per heavy atom. The summed E-state index contributed by atoms with van der Waals surface area (Å²) < 4.78 is 0. The lowest BCUT2D eigenvalue weighted by atomic mass is 10.1. The Hall–Kier alpha value is -1.52. The molecule has 1 heterocycles. The third-order valence-electron chi connectivity index (χ3n) is 3.62. The summed E-state index contributed by atoms with van der Waals surface area (Å²) in [6, 6.07) is 3.63. The molecule has 1 atom stereocenters. The van der Waals surface area contributed by atoms with E-state index in [1.807, 2.05) is 12.1 Å². The summed E-state index contributed by atoms with van der Waals surface area (Å²) in [6.07, 6.45) is 4.21. The van der Waals surface area contributed by atoms with Gasteiger partial charge in [0.25, 0.3) is 0 Å². The van der Waals surface area contributed by atoms with E-state index in [0.717, 1.165) is 23.5 Å². The van der Waals surface area contributed by atoms with Crippen LogP contribution in [0.4, 0.5) is 11.4 Å². The lowest BCUT2D eigenvalue weighted by Gasteiger charge is -2.25. The summed E-state index contributed by atoms with van der Waals surface area (Å²) in [6.45, 7) is 4.54. The Kier molecular flexibility index (Phi) is 2.99. The Bertz CT molecular complexity index is 554. The number of nitrogens with two attached hydrogens (primary N) is 1. The molecule has 0 aromatic heterocycles.